The highest BCUT2D eigenvalue weighted by atomic mass is 16.6. The van der Waals surface area contributed by atoms with Crippen molar-refractivity contribution in [2.75, 3.05) is 26.9 Å². The Kier molecular flexibility index (Phi) is 8.10. The smallest absolute Gasteiger partial charge is 0.344 e. The number of amides is 1. The Morgan fingerprint density at radius 3 is 2.48 bits per heavy atom. The largest absolute Gasteiger partial charge is 0.493 e. The van der Waals surface area contributed by atoms with E-state index < -0.39 is 5.97 Å². The van der Waals surface area contributed by atoms with E-state index in [4.69, 9.17) is 14.2 Å². The summed E-state index contributed by atoms with van der Waals surface area (Å²) in [7, 11) is 1.45. The zero-order chi connectivity index (χ0) is 19.6. The molecule has 1 aliphatic carbocycles. The molecule has 27 heavy (non-hydrogen) atoms. The molecule has 0 aliphatic heterocycles. The van der Waals surface area contributed by atoms with E-state index >= 15 is 0 Å². The molecule has 0 heterocycles. The fraction of sp³-hybridized carbons (Fsp3) is 0.550. The van der Waals surface area contributed by atoms with Crippen LogP contribution in [0.4, 0.5) is 0 Å². The number of Topliss-reactive ketones (excluding diaryl/α,β-unsaturated/α-hetero) is 1. The average Bonchev–Trinajstić information content (AvgIpc) is 2.69. The molecule has 2 rings (SSSR count). The zero-order valence-corrected chi connectivity index (χ0v) is 15.9. The van der Waals surface area contributed by atoms with Crippen LogP contribution in [-0.4, -0.2) is 44.5 Å². The van der Waals surface area contributed by atoms with Gasteiger partial charge < -0.3 is 19.5 Å². The van der Waals surface area contributed by atoms with Crippen LogP contribution in [0.1, 0.15) is 49.4 Å². The van der Waals surface area contributed by atoms with Crippen molar-refractivity contribution in [3.8, 4) is 11.5 Å². The number of carbonyl (C=O) groups excluding carboxylic acids is 3. The number of methoxy groups -OCH3 is 1. The van der Waals surface area contributed by atoms with Crippen molar-refractivity contribution >= 4 is 17.7 Å². The van der Waals surface area contributed by atoms with Gasteiger partial charge in [0.05, 0.1) is 7.11 Å². The van der Waals surface area contributed by atoms with E-state index in [9.17, 15) is 14.4 Å². The summed E-state index contributed by atoms with van der Waals surface area (Å²) in [5.74, 6) is 0.130. The average molecular weight is 377 g/mol. The van der Waals surface area contributed by atoms with Crippen LogP contribution in [0.25, 0.3) is 0 Å². The Hall–Kier alpha value is -2.57. The topological polar surface area (TPSA) is 90.9 Å². The lowest BCUT2D eigenvalue weighted by molar-refractivity contribution is -0.150. The van der Waals surface area contributed by atoms with Gasteiger partial charge in [0.2, 0.25) is 0 Å². The summed E-state index contributed by atoms with van der Waals surface area (Å²) in [6.07, 6.45) is 5.97. The van der Waals surface area contributed by atoms with Gasteiger partial charge in [-0.2, -0.15) is 0 Å². The molecule has 148 valence electrons. The fourth-order valence-electron chi connectivity index (χ4n) is 3.03. The SMILES string of the molecule is COc1cc(C(C)=O)ccc1OCC(=O)OCC(=O)NCC1CCCCC1. The van der Waals surface area contributed by atoms with Crippen molar-refractivity contribution in [1.82, 2.24) is 5.32 Å². The molecule has 1 fully saturated rings. The normalized spacial score (nSPS) is 14.3. The highest BCUT2D eigenvalue weighted by Gasteiger charge is 2.15. The van der Waals surface area contributed by atoms with Gasteiger partial charge in [-0.05, 0) is 43.9 Å². The minimum Gasteiger partial charge on any atom is -0.493 e. The number of ether oxygens (including phenoxy) is 3. The number of hydrogen-bond donors (Lipinski definition) is 1. The minimum absolute atomic E-state index is 0.0986. The van der Waals surface area contributed by atoms with Crippen LogP contribution in [-0.2, 0) is 14.3 Å². The lowest BCUT2D eigenvalue weighted by atomic mass is 9.89. The molecule has 7 heteroatoms. The van der Waals surface area contributed by atoms with E-state index in [-0.39, 0.29) is 24.9 Å². The third-order valence-corrected chi connectivity index (χ3v) is 4.59. The van der Waals surface area contributed by atoms with Crippen LogP contribution < -0.4 is 14.8 Å². The molecule has 1 aromatic carbocycles. The first-order valence-corrected chi connectivity index (χ1v) is 9.23. The first-order chi connectivity index (χ1) is 13.0. The van der Waals surface area contributed by atoms with Gasteiger partial charge in [0.15, 0.2) is 30.5 Å². The van der Waals surface area contributed by atoms with Gasteiger partial charge >= 0.3 is 5.97 Å². The summed E-state index contributed by atoms with van der Waals surface area (Å²) in [5, 5.41) is 2.81. The molecule has 7 nitrogen and oxygen atoms in total. The molecule has 1 N–H and O–H groups in total. The second-order valence-electron chi connectivity index (χ2n) is 6.68. The lowest BCUT2D eigenvalue weighted by Gasteiger charge is -2.21. The molecular weight excluding hydrogens is 350 g/mol. The van der Waals surface area contributed by atoms with E-state index in [1.165, 1.54) is 33.3 Å². The fourth-order valence-corrected chi connectivity index (χ4v) is 3.03. The van der Waals surface area contributed by atoms with Crippen molar-refractivity contribution in [3.05, 3.63) is 23.8 Å². The Morgan fingerprint density at radius 1 is 1.07 bits per heavy atom. The minimum atomic E-state index is -0.652. The first-order valence-electron chi connectivity index (χ1n) is 9.23. The Balaban J connectivity index is 1.71. The van der Waals surface area contributed by atoms with Gasteiger partial charge in [-0.25, -0.2) is 4.79 Å². The summed E-state index contributed by atoms with van der Waals surface area (Å²) in [6.45, 7) is 1.40. The predicted molar refractivity (Wildman–Crippen MR) is 99.0 cm³/mol. The number of carbonyl (C=O) groups is 3. The summed E-state index contributed by atoms with van der Waals surface area (Å²) in [4.78, 5) is 35.0. The molecule has 0 saturated heterocycles. The van der Waals surface area contributed by atoms with Crippen LogP contribution in [0.15, 0.2) is 18.2 Å². The van der Waals surface area contributed by atoms with E-state index in [2.05, 4.69) is 5.32 Å². The second kappa shape index (κ2) is 10.5. The number of nitrogens with one attached hydrogen (secondary N) is 1. The third-order valence-electron chi connectivity index (χ3n) is 4.59. The first kappa shape index (κ1) is 20.7. The lowest BCUT2D eigenvalue weighted by Crippen LogP contribution is -2.34. The van der Waals surface area contributed by atoms with E-state index in [0.29, 0.717) is 29.5 Å². The molecule has 1 saturated carbocycles. The predicted octanol–water partition coefficient (Wildman–Crippen LogP) is 2.52. The van der Waals surface area contributed by atoms with Crippen molar-refractivity contribution in [1.29, 1.82) is 0 Å². The van der Waals surface area contributed by atoms with Crippen LogP contribution in [0.5, 0.6) is 11.5 Å². The maximum Gasteiger partial charge on any atom is 0.344 e. The Bertz CT molecular complexity index is 666. The van der Waals surface area contributed by atoms with E-state index in [1.54, 1.807) is 18.2 Å². The van der Waals surface area contributed by atoms with Gasteiger partial charge in [0.25, 0.3) is 5.91 Å². The van der Waals surface area contributed by atoms with Gasteiger partial charge in [-0.15, -0.1) is 0 Å². The molecule has 0 unspecified atom stereocenters. The third kappa shape index (κ3) is 6.92. The standard InChI is InChI=1S/C20H27NO6/c1-14(22)16-8-9-17(18(10-16)25-2)26-13-20(24)27-12-19(23)21-11-15-6-4-3-5-7-15/h8-10,15H,3-7,11-13H2,1-2H3,(H,21,23). The quantitative estimate of drug-likeness (QED) is 0.525. The van der Waals surface area contributed by atoms with Gasteiger partial charge in [0, 0.05) is 12.1 Å². The second-order valence-corrected chi connectivity index (χ2v) is 6.68. The molecule has 1 aliphatic rings. The van der Waals surface area contributed by atoms with Crippen molar-refractivity contribution in [2.45, 2.75) is 39.0 Å². The van der Waals surface area contributed by atoms with Crippen molar-refractivity contribution < 1.29 is 28.6 Å². The number of esters is 1. The molecule has 0 aromatic heterocycles. The van der Waals surface area contributed by atoms with Crippen molar-refractivity contribution in [2.24, 2.45) is 5.92 Å². The number of benzene rings is 1. The van der Waals surface area contributed by atoms with E-state index in [0.717, 1.165) is 12.8 Å². The maximum atomic E-state index is 11.8. The molecule has 0 spiro atoms. The molecular formula is C20H27NO6. The molecule has 0 radical (unpaired) electrons. The number of ketones is 1. The monoisotopic (exact) mass is 377 g/mol. The summed E-state index contributed by atoms with van der Waals surface area (Å²) >= 11 is 0. The van der Waals surface area contributed by atoms with Crippen LogP contribution >= 0.6 is 0 Å². The summed E-state index contributed by atoms with van der Waals surface area (Å²) in [5.41, 5.74) is 0.483. The highest BCUT2D eigenvalue weighted by Crippen LogP contribution is 2.28. The van der Waals surface area contributed by atoms with Crippen LogP contribution in [0, 0.1) is 5.92 Å². The zero-order valence-electron chi connectivity index (χ0n) is 15.9. The maximum absolute atomic E-state index is 11.8. The summed E-state index contributed by atoms with van der Waals surface area (Å²) in [6, 6.07) is 4.69. The van der Waals surface area contributed by atoms with Crippen LogP contribution in [0.3, 0.4) is 0 Å². The van der Waals surface area contributed by atoms with Gasteiger partial charge in [-0.3, -0.25) is 9.59 Å². The highest BCUT2D eigenvalue weighted by molar-refractivity contribution is 5.94. The van der Waals surface area contributed by atoms with Crippen molar-refractivity contribution in [3.63, 3.8) is 0 Å². The van der Waals surface area contributed by atoms with Gasteiger partial charge in [-0.1, -0.05) is 19.3 Å². The van der Waals surface area contributed by atoms with Crippen LogP contribution in [0.2, 0.25) is 0 Å². The number of hydrogen-bond acceptors (Lipinski definition) is 6. The summed E-state index contributed by atoms with van der Waals surface area (Å²) < 4.78 is 15.5. The number of rotatable bonds is 9. The Morgan fingerprint density at radius 2 is 1.81 bits per heavy atom. The Labute approximate surface area is 159 Å². The van der Waals surface area contributed by atoms with E-state index in [1.807, 2.05) is 0 Å². The van der Waals surface area contributed by atoms with Gasteiger partial charge in [0.1, 0.15) is 0 Å². The molecule has 0 atom stereocenters. The molecule has 1 aromatic rings. The molecule has 0 bridgehead atoms. The molecule has 1 amide bonds.